The number of quaternary nitrogens is 1. The van der Waals surface area contributed by atoms with Crippen molar-refractivity contribution >= 4 is 17.9 Å². The topological polar surface area (TPSA) is 111 Å². The lowest BCUT2D eigenvalue weighted by Crippen LogP contribution is -2.44. The van der Waals surface area contributed by atoms with E-state index in [1.54, 1.807) is 0 Å². The number of hydrogen-bond donors (Lipinski definition) is 0. The molecule has 0 N–H and O–H groups in total. The van der Waals surface area contributed by atoms with Crippen molar-refractivity contribution < 1.29 is 42.9 Å². The van der Waals surface area contributed by atoms with Gasteiger partial charge in [0.05, 0.1) is 40.3 Å². The molecule has 0 saturated carbocycles. The third-order valence-corrected chi connectivity index (χ3v) is 17.4. The van der Waals surface area contributed by atoms with E-state index in [0.717, 1.165) is 109 Å². The predicted molar refractivity (Wildman–Crippen MR) is 416 cm³/mol. The highest BCUT2D eigenvalue weighted by molar-refractivity contribution is 5.70. The lowest BCUT2D eigenvalue weighted by atomic mass is 10.0. The molecule has 9 heteroatoms. The Labute approximate surface area is 599 Å². The average Bonchev–Trinajstić information content (AvgIpc) is 2.39. The predicted octanol–water partition coefficient (Wildman–Crippen LogP) is 24.7. The summed E-state index contributed by atoms with van der Waals surface area (Å²) in [5.74, 6) is -2.29. The van der Waals surface area contributed by atoms with Gasteiger partial charge in [0.25, 0.3) is 0 Å². The average molecular weight is 1350 g/mol. The van der Waals surface area contributed by atoms with Crippen LogP contribution in [-0.2, 0) is 33.3 Å². The monoisotopic (exact) mass is 1350 g/mol. The first-order chi connectivity index (χ1) is 47.6. The van der Waals surface area contributed by atoms with Crippen LogP contribution in [0.3, 0.4) is 0 Å². The highest BCUT2D eigenvalue weighted by atomic mass is 16.7. The molecule has 0 aromatic heterocycles. The molecule has 0 amide bonds. The fraction of sp³-hybridized carbons (Fsp3) is 0.716. The first-order valence-electron chi connectivity index (χ1n) is 40.3. The Morgan fingerprint density at radius 2 is 0.588 bits per heavy atom. The molecule has 0 aromatic carbocycles. The molecule has 0 bridgehead atoms. The van der Waals surface area contributed by atoms with Gasteiger partial charge in [-0.15, -0.1) is 0 Å². The summed E-state index contributed by atoms with van der Waals surface area (Å²) in [6.45, 7) is 4.65. The standard InChI is InChI=1S/C88H151NO8/c1-6-8-10-12-14-16-18-20-22-24-26-28-30-32-34-36-38-40-41-42-43-44-45-47-49-51-53-55-57-59-61-63-65-67-69-71-73-75-77-79-86(91)97-84(83-96-88(87(92)93)94-81-80-89(3,4)5)82-95-85(90)78-76-74-72-70-68-66-64-62-60-58-56-54-52-50-48-46-39-37-35-33-31-29-27-25-23-21-19-17-15-13-11-9-7-2/h8,10,14,16,20,22,25-28,32,34,38,40,42-43,45,47,51,53,57,59,84,88H,6-7,9,11-13,15,17-19,21,23-24,29-31,33,35-37,39,41,44,46,48-50,52,54-56,58,60-83H2,1-5H3/b10-8-,16-14-,22-20-,27-25-,28-26-,34-32-,40-38-,43-42-,47-45-,53-51-,59-57-. The second kappa shape index (κ2) is 77.2. The minimum absolute atomic E-state index is 0.141. The van der Waals surface area contributed by atoms with Gasteiger partial charge in [0, 0.05) is 12.8 Å². The first-order valence-corrected chi connectivity index (χ1v) is 40.3. The number of aliphatic carboxylic acids is 1. The molecule has 9 nitrogen and oxygen atoms in total. The van der Waals surface area contributed by atoms with Crippen LogP contribution < -0.4 is 5.11 Å². The van der Waals surface area contributed by atoms with E-state index < -0.39 is 24.3 Å². The lowest BCUT2D eigenvalue weighted by Gasteiger charge is -2.26. The minimum Gasteiger partial charge on any atom is -0.545 e. The number of esters is 2. The molecule has 0 radical (unpaired) electrons. The number of likely N-dealkylation sites (N-methyl/N-ethyl adjacent to an activating group) is 1. The van der Waals surface area contributed by atoms with E-state index >= 15 is 0 Å². The molecule has 0 spiro atoms. The zero-order valence-electron chi connectivity index (χ0n) is 63.7. The summed E-state index contributed by atoms with van der Waals surface area (Å²) in [5, 5.41) is 11.9. The van der Waals surface area contributed by atoms with Gasteiger partial charge in [-0.25, -0.2) is 0 Å². The molecular formula is C88H151NO8. The number of rotatable bonds is 74. The van der Waals surface area contributed by atoms with E-state index in [0.29, 0.717) is 17.4 Å². The molecule has 2 unspecified atom stereocenters. The van der Waals surface area contributed by atoms with Crippen molar-refractivity contribution in [2.75, 3.05) is 47.5 Å². The molecule has 556 valence electrons. The van der Waals surface area contributed by atoms with Crippen molar-refractivity contribution in [1.82, 2.24) is 0 Å². The van der Waals surface area contributed by atoms with Crippen molar-refractivity contribution in [2.45, 2.75) is 360 Å². The summed E-state index contributed by atoms with van der Waals surface area (Å²) in [4.78, 5) is 37.6. The van der Waals surface area contributed by atoms with E-state index in [1.165, 1.54) is 205 Å². The summed E-state index contributed by atoms with van der Waals surface area (Å²) in [6.07, 6.45) is 109. The molecule has 0 heterocycles. The second-order valence-corrected chi connectivity index (χ2v) is 28.0. The van der Waals surface area contributed by atoms with Gasteiger partial charge in [-0.3, -0.25) is 9.59 Å². The number of allylic oxidation sites excluding steroid dienone is 22. The van der Waals surface area contributed by atoms with Gasteiger partial charge in [0.1, 0.15) is 13.2 Å². The molecule has 0 aromatic rings. The Balaban J connectivity index is 4.09. The Bertz CT molecular complexity index is 2060. The van der Waals surface area contributed by atoms with Crippen LogP contribution in [0.25, 0.3) is 0 Å². The fourth-order valence-electron chi connectivity index (χ4n) is 11.3. The third kappa shape index (κ3) is 78.6. The minimum atomic E-state index is -1.63. The van der Waals surface area contributed by atoms with Crippen LogP contribution >= 0.6 is 0 Å². The Morgan fingerprint density at radius 3 is 0.887 bits per heavy atom. The molecule has 0 fully saturated rings. The molecule has 0 saturated heterocycles. The van der Waals surface area contributed by atoms with E-state index in [-0.39, 0.29) is 38.6 Å². The maximum absolute atomic E-state index is 13.0. The van der Waals surface area contributed by atoms with E-state index in [9.17, 15) is 19.5 Å². The summed E-state index contributed by atoms with van der Waals surface area (Å²) >= 11 is 0. The van der Waals surface area contributed by atoms with Crippen molar-refractivity contribution in [1.29, 1.82) is 0 Å². The smallest absolute Gasteiger partial charge is 0.306 e. The summed E-state index contributed by atoms with van der Waals surface area (Å²) in [6, 6.07) is 0. The normalized spacial score (nSPS) is 13.4. The number of carboxylic acid groups (broad SMARTS) is 1. The number of carbonyl (C=O) groups is 3. The number of ether oxygens (including phenoxy) is 4. The van der Waals surface area contributed by atoms with Gasteiger partial charge in [0.15, 0.2) is 12.4 Å². The number of unbranched alkanes of at least 4 members (excludes halogenated alkanes) is 37. The lowest BCUT2D eigenvalue weighted by molar-refractivity contribution is -0.870. The second-order valence-electron chi connectivity index (χ2n) is 28.0. The SMILES string of the molecule is CC/C=C\C/C=C\C/C=C\C/C=C\C/C=C\C/C=C\C/C=C\C/C=C\C/C=C\C/C=C\CCCCCCCCCCC(=O)OC(COC(=O)CCCCCCCCCCCCCCCCCCCCCCC/C=C\CCCCCCCCCC)COC(OCC[N+](C)(C)C)C(=O)[O-]. The highest BCUT2D eigenvalue weighted by Gasteiger charge is 2.22. The van der Waals surface area contributed by atoms with Crippen LogP contribution in [0.5, 0.6) is 0 Å². The Hall–Kier alpha value is -4.57. The van der Waals surface area contributed by atoms with Crippen molar-refractivity contribution in [3.8, 4) is 0 Å². The maximum Gasteiger partial charge on any atom is 0.306 e. The van der Waals surface area contributed by atoms with Crippen molar-refractivity contribution in [3.63, 3.8) is 0 Å². The molecule has 2 atom stereocenters. The number of carbonyl (C=O) groups excluding carboxylic acids is 3. The van der Waals surface area contributed by atoms with Gasteiger partial charge in [-0.05, 0) is 116 Å². The van der Waals surface area contributed by atoms with Gasteiger partial charge in [-0.2, -0.15) is 0 Å². The molecule has 0 aliphatic carbocycles. The zero-order chi connectivity index (χ0) is 70.4. The first kappa shape index (κ1) is 92.4. The van der Waals surface area contributed by atoms with Crippen molar-refractivity contribution in [2.24, 2.45) is 0 Å². The van der Waals surface area contributed by atoms with Crippen LogP contribution in [0.15, 0.2) is 134 Å². The molecule has 0 aliphatic rings. The Kier molecular flexibility index (Phi) is 73.5. The number of nitrogens with zero attached hydrogens (tertiary/aromatic N) is 1. The van der Waals surface area contributed by atoms with E-state index in [4.69, 9.17) is 18.9 Å². The Morgan fingerprint density at radius 1 is 0.320 bits per heavy atom. The van der Waals surface area contributed by atoms with Gasteiger partial charge in [-0.1, -0.05) is 353 Å². The van der Waals surface area contributed by atoms with Crippen molar-refractivity contribution in [3.05, 3.63) is 134 Å². The summed E-state index contributed by atoms with van der Waals surface area (Å²) in [7, 11) is 5.93. The molecule has 0 rings (SSSR count). The van der Waals surface area contributed by atoms with Gasteiger partial charge in [0.2, 0.25) is 0 Å². The number of carboxylic acids is 1. The third-order valence-electron chi connectivity index (χ3n) is 17.4. The fourth-order valence-corrected chi connectivity index (χ4v) is 11.3. The molecular weight excluding hydrogens is 1200 g/mol. The van der Waals surface area contributed by atoms with Crippen LogP contribution in [0, 0.1) is 0 Å². The zero-order valence-corrected chi connectivity index (χ0v) is 63.7. The molecule has 97 heavy (non-hydrogen) atoms. The van der Waals surface area contributed by atoms with Crippen LogP contribution in [0.4, 0.5) is 0 Å². The van der Waals surface area contributed by atoms with Gasteiger partial charge >= 0.3 is 11.9 Å². The van der Waals surface area contributed by atoms with E-state index in [1.807, 2.05) is 21.1 Å². The summed E-state index contributed by atoms with van der Waals surface area (Å²) < 4.78 is 22.9. The number of hydrogen-bond acceptors (Lipinski definition) is 8. The summed E-state index contributed by atoms with van der Waals surface area (Å²) in [5.41, 5.74) is 0. The van der Waals surface area contributed by atoms with E-state index in [2.05, 4.69) is 148 Å². The van der Waals surface area contributed by atoms with Gasteiger partial charge < -0.3 is 33.3 Å². The van der Waals surface area contributed by atoms with Crippen LogP contribution in [0.1, 0.15) is 348 Å². The highest BCUT2D eigenvalue weighted by Crippen LogP contribution is 2.18. The van der Waals surface area contributed by atoms with Crippen LogP contribution in [0.2, 0.25) is 0 Å². The largest absolute Gasteiger partial charge is 0.545 e. The quantitative estimate of drug-likeness (QED) is 0.0195. The molecule has 0 aliphatic heterocycles. The van der Waals surface area contributed by atoms with Crippen LogP contribution in [-0.4, -0.2) is 82.3 Å². The maximum atomic E-state index is 13.0.